The smallest absolute Gasteiger partial charge is 0.229 e. The molecule has 1 aromatic heterocycles. The number of hydrogen-bond donors (Lipinski definition) is 2. The van der Waals surface area contributed by atoms with Crippen molar-refractivity contribution in [2.24, 2.45) is 0 Å². The maximum Gasteiger partial charge on any atom is 0.229 e. The van der Waals surface area contributed by atoms with Gasteiger partial charge in [0.05, 0.1) is 0 Å². The van der Waals surface area contributed by atoms with E-state index < -0.39 is 0 Å². The summed E-state index contributed by atoms with van der Waals surface area (Å²) in [5, 5.41) is 6.60. The standard InChI is InChI=1S/C18H24N4/c1-6-10-19-16-11-14(5)20-18(21-16)22-17-13(4)8-7-9-15(17)12(2)3/h6-9,11-12H,1,10H2,2-5H3,(H2,19,20,21,22). The molecule has 1 aromatic carbocycles. The fourth-order valence-electron chi connectivity index (χ4n) is 2.35. The lowest BCUT2D eigenvalue weighted by Crippen LogP contribution is -2.07. The molecule has 0 fully saturated rings. The van der Waals surface area contributed by atoms with Crippen LogP contribution in [-0.4, -0.2) is 16.5 Å². The van der Waals surface area contributed by atoms with Crippen molar-refractivity contribution in [3.63, 3.8) is 0 Å². The van der Waals surface area contributed by atoms with Gasteiger partial charge < -0.3 is 10.6 Å². The molecule has 2 aromatic rings. The molecular formula is C18H24N4. The van der Waals surface area contributed by atoms with Crippen LogP contribution in [0, 0.1) is 13.8 Å². The van der Waals surface area contributed by atoms with Gasteiger partial charge in [0, 0.05) is 24.0 Å². The second kappa shape index (κ2) is 7.07. The summed E-state index contributed by atoms with van der Waals surface area (Å²) in [5.74, 6) is 1.85. The minimum absolute atomic E-state index is 0.436. The number of rotatable bonds is 6. The zero-order chi connectivity index (χ0) is 16.1. The average molecular weight is 296 g/mol. The topological polar surface area (TPSA) is 49.8 Å². The highest BCUT2D eigenvalue weighted by Gasteiger charge is 2.11. The second-order valence-corrected chi connectivity index (χ2v) is 5.71. The van der Waals surface area contributed by atoms with Gasteiger partial charge in [-0.3, -0.25) is 0 Å². The Hall–Kier alpha value is -2.36. The van der Waals surface area contributed by atoms with Crippen molar-refractivity contribution in [2.45, 2.75) is 33.6 Å². The van der Waals surface area contributed by atoms with Crippen LogP contribution in [0.1, 0.15) is 36.6 Å². The molecule has 0 spiro atoms. The van der Waals surface area contributed by atoms with Crippen LogP contribution in [0.5, 0.6) is 0 Å². The third kappa shape index (κ3) is 3.85. The first kappa shape index (κ1) is 16.0. The molecule has 0 aliphatic rings. The lowest BCUT2D eigenvalue weighted by atomic mass is 9.98. The summed E-state index contributed by atoms with van der Waals surface area (Å²) < 4.78 is 0. The Bertz CT molecular complexity index is 662. The Labute approximate surface area is 132 Å². The molecule has 0 atom stereocenters. The summed E-state index contributed by atoms with van der Waals surface area (Å²) in [6.45, 7) is 12.8. The molecule has 0 amide bonds. The van der Waals surface area contributed by atoms with Gasteiger partial charge in [0.2, 0.25) is 5.95 Å². The number of para-hydroxylation sites is 1. The highest BCUT2D eigenvalue weighted by atomic mass is 15.1. The van der Waals surface area contributed by atoms with Gasteiger partial charge in [-0.2, -0.15) is 4.98 Å². The number of nitrogens with one attached hydrogen (secondary N) is 2. The highest BCUT2D eigenvalue weighted by molar-refractivity contribution is 5.64. The van der Waals surface area contributed by atoms with Gasteiger partial charge in [-0.1, -0.05) is 38.1 Å². The third-order valence-electron chi connectivity index (χ3n) is 3.45. The zero-order valence-electron chi connectivity index (χ0n) is 13.8. The average Bonchev–Trinajstić information content (AvgIpc) is 2.46. The van der Waals surface area contributed by atoms with E-state index in [1.807, 2.05) is 19.1 Å². The van der Waals surface area contributed by atoms with E-state index in [9.17, 15) is 0 Å². The van der Waals surface area contributed by atoms with Crippen LogP contribution >= 0.6 is 0 Å². The normalized spacial score (nSPS) is 10.6. The predicted octanol–water partition coefficient (Wildman–Crippen LogP) is 4.56. The Balaban J connectivity index is 2.35. The van der Waals surface area contributed by atoms with Crippen molar-refractivity contribution >= 4 is 17.5 Å². The van der Waals surface area contributed by atoms with Gasteiger partial charge in [-0.25, -0.2) is 4.98 Å². The van der Waals surface area contributed by atoms with Crippen LogP contribution in [0.15, 0.2) is 36.9 Å². The second-order valence-electron chi connectivity index (χ2n) is 5.71. The highest BCUT2D eigenvalue weighted by Crippen LogP contribution is 2.29. The summed E-state index contributed by atoms with van der Waals surface area (Å²) in [5.41, 5.74) is 4.48. The summed E-state index contributed by atoms with van der Waals surface area (Å²) in [6.07, 6.45) is 1.81. The molecule has 4 nitrogen and oxygen atoms in total. The number of aromatic nitrogens is 2. The number of anilines is 3. The lowest BCUT2D eigenvalue weighted by molar-refractivity contribution is 0.866. The van der Waals surface area contributed by atoms with Crippen molar-refractivity contribution in [1.82, 2.24) is 9.97 Å². The van der Waals surface area contributed by atoms with E-state index in [0.29, 0.717) is 18.4 Å². The maximum absolute atomic E-state index is 4.53. The van der Waals surface area contributed by atoms with Gasteiger partial charge in [0.1, 0.15) is 5.82 Å². The van der Waals surface area contributed by atoms with Crippen LogP contribution in [0.25, 0.3) is 0 Å². The molecule has 0 bridgehead atoms. The third-order valence-corrected chi connectivity index (χ3v) is 3.45. The Morgan fingerprint density at radius 1 is 1.23 bits per heavy atom. The first-order chi connectivity index (χ1) is 10.5. The molecule has 2 rings (SSSR count). The number of hydrogen-bond acceptors (Lipinski definition) is 4. The summed E-state index contributed by atoms with van der Waals surface area (Å²) in [4.78, 5) is 9.02. The van der Waals surface area contributed by atoms with Crippen molar-refractivity contribution in [2.75, 3.05) is 17.2 Å². The minimum atomic E-state index is 0.436. The van der Waals surface area contributed by atoms with E-state index in [2.05, 4.69) is 66.2 Å². The molecule has 0 aliphatic carbocycles. The quantitative estimate of drug-likeness (QED) is 0.767. The molecule has 116 valence electrons. The first-order valence-electron chi connectivity index (χ1n) is 7.58. The summed E-state index contributed by atoms with van der Waals surface area (Å²) in [6, 6.07) is 8.26. The number of benzene rings is 1. The largest absolute Gasteiger partial charge is 0.366 e. The molecule has 0 aliphatic heterocycles. The lowest BCUT2D eigenvalue weighted by Gasteiger charge is -2.17. The summed E-state index contributed by atoms with van der Waals surface area (Å²) >= 11 is 0. The predicted molar refractivity (Wildman–Crippen MR) is 94.0 cm³/mol. The van der Waals surface area contributed by atoms with Crippen molar-refractivity contribution in [1.29, 1.82) is 0 Å². The van der Waals surface area contributed by atoms with Crippen LogP contribution < -0.4 is 10.6 Å². The van der Waals surface area contributed by atoms with Gasteiger partial charge in [-0.05, 0) is 30.9 Å². The van der Waals surface area contributed by atoms with E-state index in [-0.39, 0.29) is 0 Å². The molecule has 0 saturated heterocycles. The number of nitrogens with zero attached hydrogens (tertiary/aromatic N) is 2. The van der Waals surface area contributed by atoms with Gasteiger partial charge in [0.25, 0.3) is 0 Å². The van der Waals surface area contributed by atoms with Gasteiger partial charge >= 0.3 is 0 Å². The molecular weight excluding hydrogens is 272 g/mol. The first-order valence-corrected chi connectivity index (χ1v) is 7.58. The molecule has 1 heterocycles. The Morgan fingerprint density at radius 2 is 2.00 bits per heavy atom. The SMILES string of the molecule is C=CCNc1cc(C)nc(Nc2c(C)cccc2C(C)C)n1. The van der Waals surface area contributed by atoms with E-state index in [4.69, 9.17) is 0 Å². The van der Waals surface area contributed by atoms with Gasteiger partial charge in [-0.15, -0.1) is 6.58 Å². The van der Waals surface area contributed by atoms with E-state index in [1.54, 1.807) is 0 Å². The van der Waals surface area contributed by atoms with Crippen LogP contribution in [0.4, 0.5) is 17.5 Å². The fourth-order valence-corrected chi connectivity index (χ4v) is 2.35. The van der Waals surface area contributed by atoms with Crippen LogP contribution in [0.2, 0.25) is 0 Å². The van der Waals surface area contributed by atoms with E-state index in [1.165, 1.54) is 11.1 Å². The van der Waals surface area contributed by atoms with E-state index in [0.717, 1.165) is 17.2 Å². The monoisotopic (exact) mass is 296 g/mol. The summed E-state index contributed by atoms with van der Waals surface area (Å²) in [7, 11) is 0. The van der Waals surface area contributed by atoms with Crippen LogP contribution in [0.3, 0.4) is 0 Å². The fraction of sp³-hybridized carbons (Fsp3) is 0.333. The number of aryl methyl sites for hydroxylation is 2. The Kier molecular flexibility index (Phi) is 5.15. The van der Waals surface area contributed by atoms with Crippen molar-refractivity contribution in [3.05, 3.63) is 53.7 Å². The molecule has 0 unspecified atom stereocenters. The zero-order valence-corrected chi connectivity index (χ0v) is 13.8. The molecule has 0 radical (unpaired) electrons. The molecule has 0 saturated carbocycles. The Morgan fingerprint density at radius 3 is 2.68 bits per heavy atom. The van der Waals surface area contributed by atoms with Crippen molar-refractivity contribution < 1.29 is 0 Å². The molecule has 2 N–H and O–H groups in total. The van der Waals surface area contributed by atoms with E-state index >= 15 is 0 Å². The maximum atomic E-state index is 4.53. The van der Waals surface area contributed by atoms with Crippen molar-refractivity contribution in [3.8, 4) is 0 Å². The molecule has 22 heavy (non-hydrogen) atoms. The van der Waals surface area contributed by atoms with Gasteiger partial charge in [0.15, 0.2) is 0 Å². The van der Waals surface area contributed by atoms with Crippen LogP contribution in [-0.2, 0) is 0 Å². The minimum Gasteiger partial charge on any atom is -0.366 e. The molecule has 4 heteroatoms.